The molecule has 0 aliphatic heterocycles. The zero-order valence-electron chi connectivity index (χ0n) is 9.06. The van der Waals surface area contributed by atoms with Crippen molar-refractivity contribution < 1.29 is 0 Å². The molecule has 0 aliphatic rings. The average molecular weight is 172 g/mol. The molecule has 0 saturated carbocycles. The molecule has 0 rings (SSSR count). The minimum atomic E-state index is 0.684. The van der Waals surface area contributed by atoms with Crippen molar-refractivity contribution in [3.63, 3.8) is 0 Å². The molecule has 0 saturated heterocycles. The van der Waals surface area contributed by atoms with Gasteiger partial charge in [0, 0.05) is 19.1 Å². The summed E-state index contributed by atoms with van der Waals surface area (Å²) in [5.41, 5.74) is 0. The summed E-state index contributed by atoms with van der Waals surface area (Å²) >= 11 is 0. The summed E-state index contributed by atoms with van der Waals surface area (Å²) in [6.45, 7) is 13.5. The molecule has 0 radical (unpaired) electrons. The van der Waals surface area contributed by atoms with E-state index < -0.39 is 0 Å². The van der Waals surface area contributed by atoms with Gasteiger partial charge in [-0.25, -0.2) is 0 Å². The third kappa shape index (κ3) is 5.56. The molecule has 0 aliphatic carbocycles. The van der Waals surface area contributed by atoms with E-state index in [0.717, 1.165) is 13.1 Å². The van der Waals surface area contributed by atoms with Crippen LogP contribution in [0.25, 0.3) is 0 Å². The lowest BCUT2D eigenvalue weighted by Crippen LogP contribution is -2.37. The van der Waals surface area contributed by atoms with Crippen LogP contribution in [0.1, 0.15) is 34.1 Å². The average Bonchev–Trinajstić information content (AvgIpc) is 2.03. The van der Waals surface area contributed by atoms with Crippen molar-refractivity contribution in [2.75, 3.05) is 26.2 Å². The predicted octanol–water partition coefficient (Wildman–Crippen LogP) is 1.72. The van der Waals surface area contributed by atoms with Crippen molar-refractivity contribution in [3.05, 3.63) is 0 Å². The summed E-state index contributed by atoms with van der Waals surface area (Å²) in [7, 11) is 0. The first-order chi connectivity index (χ1) is 5.72. The molecular formula is C10H24N2. The molecular weight excluding hydrogens is 148 g/mol. The molecule has 1 N–H and O–H groups in total. The van der Waals surface area contributed by atoms with E-state index in [4.69, 9.17) is 0 Å². The number of likely N-dealkylation sites (N-methyl/N-ethyl adjacent to an activating group) is 1. The fourth-order valence-corrected chi connectivity index (χ4v) is 1.31. The van der Waals surface area contributed by atoms with Gasteiger partial charge in [-0.15, -0.1) is 0 Å². The Morgan fingerprint density at radius 1 is 1.17 bits per heavy atom. The van der Waals surface area contributed by atoms with E-state index in [9.17, 15) is 0 Å². The normalized spacial score (nSPS) is 11.5. The first-order valence-corrected chi connectivity index (χ1v) is 5.17. The number of rotatable bonds is 7. The third-order valence-corrected chi connectivity index (χ3v) is 2.07. The van der Waals surface area contributed by atoms with Crippen molar-refractivity contribution in [3.8, 4) is 0 Å². The van der Waals surface area contributed by atoms with Gasteiger partial charge in [0.15, 0.2) is 0 Å². The molecule has 0 bridgehead atoms. The first-order valence-electron chi connectivity index (χ1n) is 5.17. The standard InChI is InChI=1S/C10H24N2/c1-5-8-12(10(3)4)9-7-11-6-2/h10-11H,5-9H2,1-4H3. The molecule has 12 heavy (non-hydrogen) atoms. The Kier molecular flexibility index (Phi) is 7.51. The van der Waals surface area contributed by atoms with Crippen LogP contribution in [-0.2, 0) is 0 Å². The number of hydrogen-bond donors (Lipinski definition) is 1. The van der Waals surface area contributed by atoms with Gasteiger partial charge < -0.3 is 5.32 Å². The zero-order chi connectivity index (χ0) is 9.40. The van der Waals surface area contributed by atoms with Crippen molar-refractivity contribution in [2.24, 2.45) is 0 Å². The van der Waals surface area contributed by atoms with E-state index in [0.29, 0.717) is 6.04 Å². The van der Waals surface area contributed by atoms with Gasteiger partial charge in [0.05, 0.1) is 0 Å². The molecule has 0 aromatic rings. The van der Waals surface area contributed by atoms with Crippen molar-refractivity contribution in [2.45, 2.75) is 40.2 Å². The number of nitrogens with one attached hydrogen (secondary N) is 1. The van der Waals surface area contributed by atoms with Gasteiger partial charge in [-0.2, -0.15) is 0 Å². The molecule has 0 amide bonds. The van der Waals surface area contributed by atoms with Gasteiger partial charge in [0.25, 0.3) is 0 Å². The van der Waals surface area contributed by atoms with Crippen molar-refractivity contribution in [1.29, 1.82) is 0 Å². The SMILES string of the molecule is CCCN(CCNCC)C(C)C. The van der Waals surface area contributed by atoms with Gasteiger partial charge in [0.2, 0.25) is 0 Å². The molecule has 0 fully saturated rings. The third-order valence-electron chi connectivity index (χ3n) is 2.07. The second-order valence-electron chi connectivity index (χ2n) is 3.48. The highest BCUT2D eigenvalue weighted by atomic mass is 15.2. The summed E-state index contributed by atoms with van der Waals surface area (Å²) in [5.74, 6) is 0. The van der Waals surface area contributed by atoms with E-state index >= 15 is 0 Å². The molecule has 0 spiro atoms. The Morgan fingerprint density at radius 3 is 2.25 bits per heavy atom. The van der Waals surface area contributed by atoms with Gasteiger partial charge in [0.1, 0.15) is 0 Å². The van der Waals surface area contributed by atoms with Crippen LogP contribution in [0, 0.1) is 0 Å². The smallest absolute Gasteiger partial charge is 0.0110 e. The van der Waals surface area contributed by atoms with Gasteiger partial charge in [-0.05, 0) is 33.4 Å². The van der Waals surface area contributed by atoms with Crippen molar-refractivity contribution in [1.82, 2.24) is 10.2 Å². The van der Waals surface area contributed by atoms with Gasteiger partial charge in [-0.1, -0.05) is 13.8 Å². The largest absolute Gasteiger partial charge is 0.316 e. The van der Waals surface area contributed by atoms with Crippen LogP contribution >= 0.6 is 0 Å². The zero-order valence-corrected chi connectivity index (χ0v) is 9.06. The molecule has 0 unspecified atom stereocenters. The van der Waals surface area contributed by atoms with Crippen LogP contribution in [0.15, 0.2) is 0 Å². The molecule has 0 aromatic heterocycles. The highest BCUT2D eigenvalue weighted by Crippen LogP contribution is 1.97. The molecule has 0 aromatic carbocycles. The Balaban J connectivity index is 3.49. The lowest BCUT2D eigenvalue weighted by atomic mass is 10.3. The second-order valence-corrected chi connectivity index (χ2v) is 3.48. The van der Waals surface area contributed by atoms with E-state index in [1.807, 2.05) is 0 Å². The molecule has 2 heteroatoms. The van der Waals surface area contributed by atoms with Crippen LogP contribution in [0.3, 0.4) is 0 Å². The minimum Gasteiger partial charge on any atom is -0.316 e. The fourth-order valence-electron chi connectivity index (χ4n) is 1.31. The highest BCUT2D eigenvalue weighted by molar-refractivity contribution is 4.62. The summed E-state index contributed by atoms with van der Waals surface area (Å²) in [6, 6.07) is 0.684. The van der Waals surface area contributed by atoms with Crippen LogP contribution in [0.2, 0.25) is 0 Å². The second kappa shape index (κ2) is 7.56. The van der Waals surface area contributed by atoms with Crippen LogP contribution < -0.4 is 5.32 Å². The summed E-state index contributed by atoms with van der Waals surface area (Å²) in [5, 5.41) is 3.35. The van der Waals surface area contributed by atoms with E-state index in [1.54, 1.807) is 0 Å². The fraction of sp³-hybridized carbons (Fsp3) is 1.00. The molecule has 74 valence electrons. The van der Waals surface area contributed by atoms with Crippen LogP contribution in [0.4, 0.5) is 0 Å². The molecule has 0 heterocycles. The van der Waals surface area contributed by atoms with Gasteiger partial charge >= 0.3 is 0 Å². The monoisotopic (exact) mass is 172 g/mol. The molecule has 0 atom stereocenters. The number of hydrogen-bond acceptors (Lipinski definition) is 2. The Hall–Kier alpha value is -0.0800. The quantitative estimate of drug-likeness (QED) is 0.588. The topological polar surface area (TPSA) is 15.3 Å². The first kappa shape index (κ1) is 11.9. The minimum absolute atomic E-state index is 0.684. The molecule has 2 nitrogen and oxygen atoms in total. The highest BCUT2D eigenvalue weighted by Gasteiger charge is 2.06. The Labute approximate surface area is 77.3 Å². The van der Waals surface area contributed by atoms with E-state index in [1.165, 1.54) is 19.5 Å². The lowest BCUT2D eigenvalue weighted by Gasteiger charge is -2.25. The number of nitrogens with zero attached hydrogens (tertiary/aromatic N) is 1. The summed E-state index contributed by atoms with van der Waals surface area (Å²) in [6.07, 6.45) is 1.25. The predicted molar refractivity (Wildman–Crippen MR) is 55.5 cm³/mol. The van der Waals surface area contributed by atoms with Crippen LogP contribution in [0.5, 0.6) is 0 Å². The maximum atomic E-state index is 3.35. The van der Waals surface area contributed by atoms with Gasteiger partial charge in [-0.3, -0.25) is 4.90 Å². The Morgan fingerprint density at radius 2 is 1.83 bits per heavy atom. The summed E-state index contributed by atoms with van der Waals surface area (Å²) < 4.78 is 0. The maximum absolute atomic E-state index is 3.35. The Bertz CT molecular complexity index is 91.8. The van der Waals surface area contributed by atoms with E-state index in [2.05, 4.69) is 37.9 Å². The van der Waals surface area contributed by atoms with Crippen LogP contribution in [-0.4, -0.2) is 37.1 Å². The summed E-state index contributed by atoms with van der Waals surface area (Å²) in [4.78, 5) is 2.52. The van der Waals surface area contributed by atoms with Crippen molar-refractivity contribution >= 4 is 0 Å². The lowest BCUT2D eigenvalue weighted by molar-refractivity contribution is 0.223. The maximum Gasteiger partial charge on any atom is 0.0110 e. The van der Waals surface area contributed by atoms with E-state index in [-0.39, 0.29) is 0 Å².